The molecule has 3 nitrogen and oxygen atoms in total. The predicted octanol–water partition coefficient (Wildman–Crippen LogP) is 4.41. The normalized spacial score (nSPS) is 33.3. The van der Waals surface area contributed by atoms with Crippen molar-refractivity contribution in [3.63, 3.8) is 0 Å². The Bertz CT molecular complexity index is 832. The van der Waals surface area contributed by atoms with E-state index in [1.54, 1.807) is 12.2 Å². The number of hydrogen-bond acceptors (Lipinski definition) is 3. The molecule has 0 aliphatic heterocycles. The number of rotatable bonds is 3. The number of fused-ring (bicyclic) bond motifs is 1. The van der Waals surface area contributed by atoms with Crippen molar-refractivity contribution in [2.24, 2.45) is 29.4 Å². The zero-order valence-corrected chi connectivity index (χ0v) is 14.7. The summed E-state index contributed by atoms with van der Waals surface area (Å²) in [6.07, 6.45) is 14.5. The molecule has 4 atom stereocenters. The lowest BCUT2D eigenvalue weighted by molar-refractivity contribution is 0.386. The summed E-state index contributed by atoms with van der Waals surface area (Å²) in [6, 6.07) is 0. The summed E-state index contributed by atoms with van der Waals surface area (Å²) < 4.78 is 0. The summed E-state index contributed by atoms with van der Waals surface area (Å²) in [7, 11) is 0. The minimum atomic E-state index is 0.0754. The summed E-state index contributed by atoms with van der Waals surface area (Å²) in [6.45, 7) is 4.98. The van der Waals surface area contributed by atoms with Crippen molar-refractivity contribution in [2.45, 2.75) is 20.3 Å². The van der Waals surface area contributed by atoms with Gasteiger partial charge in [-0.1, -0.05) is 49.8 Å². The Labute approximate surface area is 148 Å². The molecule has 4 aliphatic rings. The van der Waals surface area contributed by atoms with Gasteiger partial charge in [0.05, 0.1) is 0 Å². The van der Waals surface area contributed by atoms with Crippen molar-refractivity contribution in [3.8, 4) is 0 Å². The summed E-state index contributed by atoms with van der Waals surface area (Å²) in [4.78, 5) is 0. The fourth-order valence-electron chi connectivity index (χ4n) is 4.76. The van der Waals surface area contributed by atoms with Crippen molar-refractivity contribution in [1.82, 2.24) is 0 Å². The average Bonchev–Trinajstić information content (AvgIpc) is 3.34. The highest BCUT2D eigenvalue weighted by atomic mass is 16.3. The van der Waals surface area contributed by atoms with E-state index in [1.807, 2.05) is 18.2 Å². The fourth-order valence-corrected chi connectivity index (χ4v) is 4.76. The number of hydrogen-bond donors (Lipinski definition) is 3. The Morgan fingerprint density at radius 2 is 1.80 bits per heavy atom. The first-order chi connectivity index (χ1) is 12.1. The van der Waals surface area contributed by atoms with Gasteiger partial charge in [0, 0.05) is 35.4 Å². The van der Waals surface area contributed by atoms with E-state index in [4.69, 9.17) is 5.73 Å². The van der Waals surface area contributed by atoms with Crippen LogP contribution in [0.4, 0.5) is 0 Å². The van der Waals surface area contributed by atoms with Gasteiger partial charge in [-0.15, -0.1) is 0 Å². The second kappa shape index (κ2) is 5.92. The molecule has 130 valence electrons. The van der Waals surface area contributed by atoms with Gasteiger partial charge in [0.2, 0.25) is 0 Å². The minimum absolute atomic E-state index is 0.0754. The van der Waals surface area contributed by atoms with Gasteiger partial charge >= 0.3 is 0 Å². The van der Waals surface area contributed by atoms with Gasteiger partial charge in [0.1, 0.15) is 11.5 Å². The van der Waals surface area contributed by atoms with Crippen LogP contribution in [0.3, 0.4) is 0 Å². The van der Waals surface area contributed by atoms with E-state index in [0.29, 0.717) is 18.4 Å². The van der Waals surface area contributed by atoms with Gasteiger partial charge in [-0.25, -0.2) is 0 Å². The van der Waals surface area contributed by atoms with Crippen LogP contribution in [-0.4, -0.2) is 16.8 Å². The van der Waals surface area contributed by atoms with Crippen LogP contribution in [-0.2, 0) is 0 Å². The SMILES string of the molecule is CCC1C=CC=CC(O)=C1C1=C(O)C=CC2=CC3=C(C3CN)C(C)C21. The quantitative estimate of drug-likeness (QED) is 0.715. The molecule has 0 saturated heterocycles. The summed E-state index contributed by atoms with van der Waals surface area (Å²) in [5.74, 6) is 1.37. The molecule has 0 aromatic heterocycles. The molecule has 0 bridgehead atoms. The molecule has 4 rings (SSSR count). The maximum Gasteiger partial charge on any atom is 0.119 e. The van der Waals surface area contributed by atoms with Crippen molar-refractivity contribution < 1.29 is 10.2 Å². The van der Waals surface area contributed by atoms with E-state index in [9.17, 15) is 10.2 Å². The van der Waals surface area contributed by atoms with E-state index in [2.05, 4.69) is 26.0 Å². The molecule has 0 aromatic carbocycles. The summed E-state index contributed by atoms with van der Waals surface area (Å²) in [5.41, 5.74) is 11.6. The first-order valence-corrected chi connectivity index (χ1v) is 9.13. The molecular weight excluding hydrogens is 310 g/mol. The van der Waals surface area contributed by atoms with Crippen LogP contribution in [0.5, 0.6) is 0 Å². The molecule has 4 N–H and O–H groups in total. The Morgan fingerprint density at radius 1 is 1.04 bits per heavy atom. The van der Waals surface area contributed by atoms with Crippen LogP contribution < -0.4 is 5.73 Å². The predicted molar refractivity (Wildman–Crippen MR) is 101 cm³/mol. The second-order valence-electron chi connectivity index (χ2n) is 7.30. The molecule has 0 saturated carbocycles. The molecule has 0 amide bonds. The first kappa shape index (κ1) is 16.2. The topological polar surface area (TPSA) is 66.5 Å². The molecule has 25 heavy (non-hydrogen) atoms. The highest BCUT2D eigenvalue weighted by molar-refractivity contribution is 5.63. The monoisotopic (exact) mass is 335 g/mol. The van der Waals surface area contributed by atoms with Gasteiger partial charge in [0.25, 0.3) is 0 Å². The summed E-state index contributed by atoms with van der Waals surface area (Å²) >= 11 is 0. The highest BCUT2D eigenvalue weighted by Gasteiger charge is 2.47. The van der Waals surface area contributed by atoms with Crippen LogP contribution in [0, 0.1) is 23.7 Å². The number of aliphatic hydroxyl groups is 2. The zero-order valence-electron chi connectivity index (χ0n) is 14.7. The van der Waals surface area contributed by atoms with Crippen molar-refractivity contribution in [3.05, 3.63) is 81.9 Å². The van der Waals surface area contributed by atoms with Crippen LogP contribution in [0.2, 0.25) is 0 Å². The average molecular weight is 335 g/mol. The Morgan fingerprint density at radius 3 is 2.52 bits per heavy atom. The Kier molecular flexibility index (Phi) is 3.84. The van der Waals surface area contributed by atoms with E-state index in [0.717, 1.165) is 17.6 Å². The van der Waals surface area contributed by atoms with Crippen LogP contribution in [0.25, 0.3) is 0 Å². The zero-order chi connectivity index (χ0) is 17.7. The van der Waals surface area contributed by atoms with Gasteiger partial charge in [-0.2, -0.15) is 0 Å². The lowest BCUT2D eigenvalue weighted by Crippen LogP contribution is -2.25. The molecule has 0 radical (unpaired) electrons. The molecule has 4 aliphatic carbocycles. The summed E-state index contributed by atoms with van der Waals surface area (Å²) in [5, 5.41) is 21.5. The molecular formula is C22H25NO2. The molecule has 0 heterocycles. The van der Waals surface area contributed by atoms with Gasteiger partial charge in [0.15, 0.2) is 0 Å². The maximum atomic E-state index is 10.8. The van der Waals surface area contributed by atoms with E-state index in [1.165, 1.54) is 16.7 Å². The van der Waals surface area contributed by atoms with Gasteiger partial charge < -0.3 is 15.9 Å². The van der Waals surface area contributed by atoms with Gasteiger partial charge in [-0.05, 0) is 35.6 Å². The number of allylic oxidation sites excluding steroid dienone is 10. The standard InChI is InChI=1S/C22H25NO2/c1-3-13-6-4-5-7-17(24)21(13)22-18(25)9-8-14-10-15-16(11-23)20(15)12(2)19(14)22/h4-10,12-13,16,19,24-25H,3,11,23H2,1-2H3. The highest BCUT2D eigenvalue weighted by Crippen LogP contribution is 2.57. The second-order valence-corrected chi connectivity index (χ2v) is 7.30. The first-order valence-electron chi connectivity index (χ1n) is 9.13. The maximum absolute atomic E-state index is 10.8. The largest absolute Gasteiger partial charge is 0.508 e. The molecule has 0 aromatic rings. The third kappa shape index (κ3) is 2.37. The minimum Gasteiger partial charge on any atom is -0.508 e. The van der Waals surface area contributed by atoms with Crippen molar-refractivity contribution >= 4 is 0 Å². The van der Waals surface area contributed by atoms with Crippen LogP contribution >= 0.6 is 0 Å². The fraction of sp³-hybridized carbons (Fsp3) is 0.364. The third-order valence-electron chi connectivity index (χ3n) is 6.01. The number of nitrogens with two attached hydrogens (primary N) is 1. The Hall–Kier alpha value is -2.26. The lowest BCUT2D eigenvalue weighted by Gasteiger charge is -2.34. The van der Waals surface area contributed by atoms with E-state index in [-0.39, 0.29) is 23.4 Å². The molecule has 4 unspecified atom stereocenters. The number of aliphatic hydroxyl groups excluding tert-OH is 2. The van der Waals surface area contributed by atoms with E-state index < -0.39 is 0 Å². The van der Waals surface area contributed by atoms with Crippen LogP contribution in [0.1, 0.15) is 20.3 Å². The van der Waals surface area contributed by atoms with E-state index >= 15 is 0 Å². The molecule has 3 heteroatoms. The van der Waals surface area contributed by atoms with Crippen LogP contribution in [0.15, 0.2) is 81.9 Å². The Balaban J connectivity index is 1.83. The smallest absolute Gasteiger partial charge is 0.119 e. The molecule has 0 spiro atoms. The van der Waals surface area contributed by atoms with Crippen molar-refractivity contribution in [2.75, 3.05) is 6.54 Å². The molecule has 0 fully saturated rings. The lowest BCUT2D eigenvalue weighted by atomic mass is 9.70. The third-order valence-corrected chi connectivity index (χ3v) is 6.01. The van der Waals surface area contributed by atoms with Crippen molar-refractivity contribution in [1.29, 1.82) is 0 Å². The van der Waals surface area contributed by atoms with Gasteiger partial charge in [-0.3, -0.25) is 0 Å².